The zero-order chi connectivity index (χ0) is 12.8. The van der Waals surface area contributed by atoms with Crippen molar-refractivity contribution in [2.24, 2.45) is 5.92 Å². The Bertz CT molecular complexity index is 454. The van der Waals surface area contributed by atoms with E-state index in [1.54, 1.807) is 13.2 Å². The Labute approximate surface area is 108 Å². The summed E-state index contributed by atoms with van der Waals surface area (Å²) in [6, 6.07) is 7.90. The summed E-state index contributed by atoms with van der Waals surface area (Å²) < 4.78 is 5.11. The lowest BCUT2D eigenvalue weighted by molar-refractivity contribution is -0.118. The molecule has 1 aliphatic rings. The zero-order valence-electron chi connectivity index (χ0n) is 10.6. The van der Waals surface area contributed by atoms with Gasteiger partial charge < -0.3 is 4.74 Å². The van der Waals surface area contributed by atoms with Crippen molar-refractivity contribution in [3.05, 3.63) is 48.1 Å². The van der Waals surface area contributed by atoms with Crippen LogP contribution in [0.15, 0.2) is 42.5 Å². The number of carbonyl (C=O) groups excluding carboxylic acids is 1. The second-order valence-electron chi connectivity index (χ2n) is 4.49. The van der Waals surface area contributed by atoms with Gasteiger partial charge in [-0.15, -0.1) is 0 Å². The molecule has 18 heavy (non-hydrogen) atoms. The summed E-state index contributed by atoms with van der Waals surface area (Å²) in [5, 5.41) is 0. The monoisotopic (exact) mass is 242 g/mol. The van der Waals surface area contributed by atoms with Crippen LogP contribution in [0.3, 0.4) is 0 Å². The highest BCUT2D eigenvalue weighted by molar-refractivity contribution is 5.92. The van der Waals surface area contributed by atoms with Crippen LogP contribution in [0, 0.1) is 5.92 Å². The second-order valence-corrected chi connectivity index (χ2v) is 4.49. The first-order valence-corrected chi connectivity index (χ1v) is 6.30. The molecule has 0 amide bonds. The third kappa shape index (κ3) is 3.33. The van der Waals surface area contributed by atoms with Crippen molar-refractivity contribution < 1.29 is 9.53 Å². The van der Waals surface area contributed by atoms with Crippen LogP contribution < -0.4 is 4.74 Å². The Morgan fingerprint density at radius 1 is 1.33 bits per heavy atom. The van der Waals surface area contributed by atoms with E-state index in [1.807, 2.05) is 30.3 Å². The van der Waals surface area contributed by atoms with E-state index in [4.69, 9.17) is 4.74 Å². The minimum Gasteiger partial charge on any atom is -0.497 e. The highest BCUT2D eigenvalue weighted by Gasteiger charge is 2.16. The number of ether oxygens (including phenoxy) is 1. The number of hydrogen-bond donors (Lipinski definition) is 0. The third-order valence-corrected chi connectivity index (χ3v) is 3.21. The highest BCUT2D eigenvalue weighted by Crippen LogP contribution is 2.20. The van der Waals surface area contributed by atoms with Gasteiger partial charge in [-0.05, 0) is 43.0 Å². The largest absolute Gasteiger partial charge is 0.497 e. The van der Waals surface area contributed by atoms with Gasteiger partial charge in [0.25, 0.3) is 0 Å². The molecule has 0 spiro atoms. The SMILES string of the molecule is COc1ccc(C=CCC2CCC=CC2=O)cc1. The maximum atomic E-state index is 11.6. The van der Waals surface area contributed by atoms with Gasteiger partial charge >= 0.3 is 0 Å². The van der Waals surface area contributed by atoms with E-state index in [9.17, 15) is 4.79 Å². The van der Waals surface area contributed by atoms with E-state index < -0.39 is 0 Å². The topological polar surface area (TPSA) is 26.3 Å². The molecule has 1 aliphatic carbocycles. The fourth-order valence-electron chi connectivity index (χ4n) is 2.09. The molecule has 2 heteroatoms. The van der Waals surface area contributed by atoms with E-state index in [2.05, 4.69) is 12.2 Å². The smallest absolute Gasteiger partial charge is 0.158 e. The summed E-state index contributed by atoms with van der Waals surface area (Å²) in [4.78, 5) is 11.6. The quantitative estimate of drug-likeness (QED) is 0.805. The van der Waals surface area contributed by atoms with E-state index >= 15 is 0 Å². The van der Waals surface area contributed by atoms with Gasteiger partial charge in [0.1, 0.15) is 5.75 Å². The van der Waals surface area contributed by atoms with Crippen molar-refractivity contribution in [1.82, 2.24) is 0 Å². The van der Waals surface area contributed by atoms with Crippen LogP contribution in [0.25, 0.3) is 6.08 Å². The Kier molecular flexibility index (Phi) is 4.35. The van der Waals surface area contributed by atoms with Gasteiger partial charge in [-0.2, -0.15) is 0 Å². The number of ketones is 1. The number of rotatable bonds is 4. The molecule has 0 aromatic heterocycles. The van der Waals surface area contributed by atoms with Gasteiger partial charge in [-0.25, -0.2) is 0 Å². The molecule has 0 heterocycles. The molecule has 94 valence electrons. The normalized spacial score (nSPS) is 19.4. The summed E-state index contributed by atoms with van der Waals surface area (Å²) in [7, 11) is 1.66. The first-order chi connectivity index (χ1) is 8.79. The molecule has 2 rings (SSSR count). The van der Waals surface area contributed by atoms with Crippen LogP contribution in [-0.2, 0) is 4.79 Å². The van der Waals surface area contributed by atoms with Crippen molar-refractivity contribution in [2.45, 2.75) is 19.3 Å². The van der Waals surface area contributed by atoms with Crippen LogP contribution in [-0.4, -0.2) is 12.9 Å². The van der Waals surface area contributed by atoms with Gasteiger partial charge in [-0.1, -0.05) is 30.4 Å². The lowest BCUT2D eigenvalue weighted by Crippen LogP contribution is -2.13. The van der Waals surface area contributed by atoms with E-state index in [-0.39, 0.29) is 11.7 Å². The predicted octanol–water partition coefficient (Wildman–Crippen LogP) is 3.63. The summed E-state index contributed by atoms with van der Waals surface area (Å²) in [6.45, 7) is 0. The van der Waals surface area contributed by atoms with E-state index in [0.29, 0.717) is 0 Å². The summed E-state index contributed by atoms with van der Waals surface area (Å²) in [5.74, 6) is 1.30. The average molecular weight is 242 g/mol. The van der Waals surface area contributed by atoms with Crippen LogP contribution in [0.1, 0.15) is 24.8 Å². The van der Waals surface area contributed by atoms with Gasteiger partial charge in [-0.3, -0.25) is 4.79 Å². The first-order valence-electron chi connectivity index (χ1n) is 6.30. The van der Waals surface area contributed by atoms with Gasteiger partial charge in [0.2, 0.25) is 0 Å². The van der Waals surface area contributed by atoms with Gasteiger partial charge in [0, 0.05) is 5.92 Å². The lowest BCUT2D eigenvalue weighted by Gasteiger charge is -2.13. The molecule has 0 saturated heterocycles. The molecular formula is C16H18O2. The summed E-state index contributed by atoms with van der Waals surface area (Å²) >= 11 is 0. The molecule has 0 bridgehead atoms. The number of carbonyl (C=O) groups is 1. The zero-order valence-corrected chi connectivity index (χ0v) is 10.6. The van der Waals surface area contributed by atoms with Crippen molar-refractivity contribution in [1.29, 1.82) is 0 Å². The van der Waals surface area contributed by atoms with Crippen LogP contribution in [0.2, 0.25) is 0 Å². The molecule has 1 aromatic carbocycles. The highest BCUT2D eigenvalue weighted by atomic mass is 16.5. The first kappa shape index (κ1) is 12.6. The molecule has 0 N–H and O–H groups in total. The Hall–Kier alpha value is -1.83. The van der Waals surface area contributed by atoms with Gasteiger partial charge in [0.15, 0.2) is 5.78 Å². The molecule has 1 aromatic rings. The molecule has 0 saturated carbocycles. The van der Waals surface area contributed by atoms with Gasteiger partial charge in [0.05, 0.1) is 7.11 Å². The minimum atomic E-state index is 0.171. The maximum absolute atomic E-state index is 11.6. The summed E-state index contributed by atoms with van der Waals surface area (Å²) in [6.07, 6.45) is 10.7. The van der Waals surface area contributed by atoms with Crippen LogP contribution >= 0.6 is 0 Å². The standard InChI is InChI=1S/C16H18O2/c1-18-15-11-9-13(10-12-15)5-4-7-14-6-2-3-8-16(14)17/h3-5,8-12,14H,2,6-7H2,1H3. The Morgan fingerprint density at radius 2 is 2.11 bits per heavy atom. The van der Waals surface area contributed by atoms with Crippen molar-refractivity contribution in [3.8, 4) is 5.75 Å². The van der Waals surface area contributed by atoms with Crippen LogP contribution in [0.5, 0.6) is 5.75 Å². The number of benzene rings is 1. The maximum Gasteiger partial charge on any atom is 0.158 e. The van der Waals surface area contributed by atoms with Crippen molar-refractivity contribution in [3.63, 3.8) is 0 Å². The molecule has 0 aliphatic heterocycles. The fraction of sp³-hybridized carbons (Fsp3) is 0.312. The average Bonchev–Trinajstić information content (AvgIpc) is 2.42. The molecule has 1 atom stereocenters. The molecule has 1 unspecified atom stereocenters. The van der Waals surface area contributed by atoms with Crippen molar-refractivity contribution in [2.75, 3.05) is 7.11 Å². The minimum absolute atomic E-state index is 0.171. The second kappa shape index (κ2) is 6.20. The molecule has 0 fully saturated rings. The van der Waals surface area contributed by atoms with Crippen molar-refractivity contribution >= 4 is 11.9 Å². The third-order valence-electron chi connectivity index (χ3n) is 3.21. The van der Waals surface area contributed by atoms with E-state index in [1.165, 1.54) is 0 Å². The van der Waals surface area contributed by atoms with Crippen LogP contribution in [0.4, 0.5) is 0 Å². The van der Waals surface area contributed by atoms with E-state index in [0.717, 1.165) is 30.6 Å². The molecule has 0 radical (unpaired) electrons. The fourth-order valence-corrected chi connectivity index (χ4v) is 2.09. The molecular weight excluding hydrogens is 224 g/mol. The number of hydrogen-bond acceptors (Lipinski definition) is 2. The number of methoxy groups -OCH3 is 1. The summed E-state index contributed by atoms with van der Waals surface area (Å²) in [5.41, 5.74) is 1.13. The Morgan fingerprint density at radius 3 is 2.78 bits per heavy atom. The molecule has 2 nitrogen and oxygen atoms in total. The number of allylic oxidation sites excluding steroid dienone is 3. The lowest BCUT2D eigenvalue weighted by atomic mass is 9.90. The predicted molar refractivity (Wildman–Crippen MR) is 73.5 cm³/mol. The Balaban J connectivity index is 1.90.